The fourth-order valence-electron chi connectivity index (χ4n) is 3.56. The topological polar surface area (TPSA) is 46.5 Å². The summed E-state index contributed by atoms with van der Waals surface area (Å²) in [6.45, 7) is 5.89. The van der Waals surface area contributed by atoms with Gasteiger partial charge in [0, 0.05) is 5.56 Å². The number of fused-ring (bicyclic) bond motifs is 1. The maximum atomic E-state index is 12.6. The molecule has 3 nitrogen and oxygen atoms in total. The van der Waals surface area contributed by atoms with Gasteiger partial charge in [-0.25, -0.2) is 4.79 Å². The smallest absolute Gasteiger partial charge is 0.342 e. The van der Waals surface area contributed by atoms with Crippen LogP contribution in [0.1, 0.15) is 27.8 Å². The number of hydrogen-bond acceptors (Lipinski definition) is 3. The number of esters is 1. The zero-order valence-corrected chi connectivity index (χ0v) is 15.5. The number of rotatable bonds is 3. The van der Waals surface area contributed by atoms with Crippen molar-refractivity contribution < 1.29 is 14.6 Å². The molecule has 0 aliphatic heterocycles. The summed E-state index contributed by atoms with van der Waals surface area (Å²) in [5, 5.41) is 13.0. The quantitative estimate of drug-likeness (QED) is 0.300. The van der Waals surface area contributed by atoms with Gasteiger partial charge in [0.05, 0.1) is 7.11 Å². The molecule has 3 aromatic rings. The molecule has 0 aromatic heterocycles. The first kappa shape index (κ1) is 17.7. The minimum atomic E-state index is -0.550. The van der Waals surface area contributed by atoms with Gasteiger partial charge in [0.2, 0.25) is 0 Å². The maximum Gasteiger partial charge on any atom is 0.342 e. The highest BCUT2D eigenvalue weighted by Crippen LogP contribution is 2.33. The van der Waals surface area contributed by atoms with E-state index in [4.69, 9.17) is 4.74 Å². The van der Waals surface area contributed by atoms with E-state index in [-0.39, 0.29) is 11.3 Å². The van der Waals surface area contributed by atoms with Crippen molar-refractivity contribution in [2.24, 2.45) is 0 Å². The zero-order chi connectivity index (χ0) is 18.8. The van der Waals surface area contributed by atoms with Crippen molar-refractivity contribution in [3.05, 3.63) is 82.4 Å². The Kier molecular flexibility index (Phi) is 4.81. The fraction of sp³-hybridized carbons (Fsp3) is 0.174. The number of benzene rings is 3. The summed E-state index contributed by atoms with van der Waals surface area (Å²) in [7, 11) is 1.33. The molecule has 0 aliphatic rings. The predicted molar refractivity (Wildman–Crippen MR) is 106 cm³/mol. The van der Waals surface area contributed by atoms with Crippen LogP contribution in [-0.4, -0.2) is 18.2 Å². The Hall–Kier alpha value is -3.07. The number of hydrogen-bond donors (Lipinski definition) is 1. The van der Waals surface area contributed by atoms with Gasteiger partial charge in [0.25, 0.3) is 0 Å². The summed E-state index contributed by atoms with van der Waals surface area (Å²) in [6, 6.07) is 17.4. The number of methoxy groups -OCH3 is 1. The molecule has 0 bridgehead atoms. The third kappa shape index (κ3) is 3.08. The van der Waals surface area contributed by atoms with Crippen LogP contribution in [0, 0.1) is 20.8 Å². The number of aliphatic hydroxyl groups is 1. The average Bonchev–Trinajstić information content (AvgIpc) is 2.63. The minimum Gasteiger partial charge on any atom is -0.506 e. The first-order valence-corrected chi connectivity index (χ1v) is 8.52. The monoisotopic (exact) mass is 346 g/mol. The van der Waals surface area contributed by atoms with Crippen LogP contribution in [-0.2, 0) is 9.53 Å². The predicted octanol–water partition coefficient (Wildman–Crippen LogP) is 5.36. The maximum absolute atomic E-state index is 12.6. The van der Waals surface area contributed by atoms with Crippen LogP contribution in [0.4, 0.5) is 0 Å². The second-order valence-electron chi connectivity index (χ2n) is 6.52. The molecular formula is C23H22O3. The first-order valence-electron chi connectivity index (χ1n) is 8.52. The highest BCUT2D eigenvalue weighted by Gasteiger charge is 2.24. The van der Waals surface area contributed by atoms with E-state index >= 15 is 0 Å². The van der Waals surface area contributed by atoms with Crippen LogP contribution in [0.3, 0.4) is 0 Å². The van der Waals surface area contributed by atoms with Crippen LogP contribution in [0.2, 0.25) is 0 Å². The lowest BCUT2D eigenvalue weighted by atomic mass is 9.90. The number of carbonyl (C=O) groups excluding carboxylic acids is 1. The Morgan fingerprint density at radius 3 is 2.19 bits per heavy atom. The van der Waals surface area contributed by atoms with Gasteiger partial charge in [-0.05, 0) is 48.2 Å². The standard InChI is InChI=1S/C23H22O3/c1-14-12-15(2)20(16(3)13-14)21(23(25)26-4)22(24)19-11-7-9-17-8-5-6-10-18(17)19/h5-13,24H,1-4H3/b22-21-. The third-order valence-corrected chi connectivity index (χ3v) is 4.60. The molecular weight excluding hydrogens is 324 g/mol. The lowest BCUT2D eigenvalue weighted by Crippen LogP contribution is -2.10. The fourth-order valence-corrected chi connectivity index (χ4v) is 3.56. The molecule has 0 aliphatic carbocycles. The van der Waals surface area contributed by atoms with Gasteiger partial charge in [-0.2, -0.15) is 0 Å². The van der Waals surface area contributed by atoms with Gasteiger partial charge in [-0.15, -0.1) is 0 Å². The molecule has 0 atom stereocenters. The van der Waals surface area contributed by atoms with E-state index in [9.17, 15) is 9.90 Å². The van der Waals surface area contributed by atoms with Crippen LogP contribution in [0.15, 0.2) is 54.6 Å². The van der Waals surface area contributed by atoms with Gasteiger partial charge >= 0.3 is 5.97 Å². The van der Waals surface area contributed by atoms with E-state index in [0.29, 0.717) is 11.1 Å². The second kappa shape index (κ2) is 7.04. The largest absolute Gasteiger partial charge is 0.506 e. The van der Waals surface area contributed by atoms with Crippen molar-refractivity contribution in [1.29, 1.82) is 0 Å². The molecule has 132 valence electrons. The van der Waals surface area contributed by atoms with Crippen molar-refractivity contribution in [1.82, 2.24) is 0 Å². The molecule has 0 saturated heterocycles. The van der Waals surface area contributed by atoms with Crippen LogP contribution < -0.4 is 0 Å². The molecule has 3 rings (SSSR count). The lowest BCUT2D eigenvalue weighted by Gasteiger charge is -2.16. The van der Waals surface area contributed by atoms with E-state index in [1.54, 1.807) is 0 Å². The lowest BCUT2D eigenvalue weighted by molar-refractivity contribution is -0.133. The highest BCUT2D eigenvalue weighted by atomic mass is 16.5. The van der Waals surface area contributed by atoms with E-state index in [1.165, 1.54) is 7.11 Å². The Bertz CT molecular complexity index is 1000. The molecule has 1 N–H and O–H groups in total. The summed E-state index contributed by atoms with van der Waals surface area (Å²) in [6.07, 6.45) is 0. The molecule has 0 heterocycles. The number of aryl methyl sites for hydroxylation is 3. The molecule has 3 heteroatoms. The van der Waals surface area contributed by atoms with E-state index < -0.39 is 5.97 Å². The minimum absolute atomic E-state index is 0.0660. The Labute approximate surface area is 153 Å². The van der Waals surface area contributed by atoms with Crippen LogP contribution in [0.5, 0.6) is 0 Å². The van der Waals surface area contributed by atoms with E-state index in [2.05, 4.69) is 0 Å². The van der Waals surface area contributed by atoms with E-state index in [1.807, 2.05) is 75.4 Å². The van der Waals surface area contributed by atoms with E-state index in [0.717, 1.165) is 27.5 Å². The van der Waals surface area contributed by atoms with Crippen molar-refractivity contribution in [2.45, 2.75) is 20.8 Å². The molecule has 0 radical (unpaired) electrons. The van der Waals surface area contributed by atoms with Gasteiger partial charge < -0.3 is 9.84 Å². The van der Waals surface area contributed by atoms with Gasteiger partial charge in [0.15, 0.2) is 0 Å². The normalized spacial score (nSPS) is 12.0. The third-order valence-electron chi connectivity index (χ3n) is 4.60. The zero-order valence-electron chi connectivity index (χ0n) is 15.5. The molecule has 0 saturated carbocycles. The highest BCUT2D eigenvalue weighted by molar-refractivity contribution is 6.25. The molecule has 0 spiro atoms. The second-order valence-corrected chi connectivity index (χ2v) is 6.52. The van der Waals surface area contributed by atoms with Crippen molar-refractivity contribution in [3.63, 3.8) is 0 Å². The molecule has 0 fully saturated rings. The summed E-state index contributed by atoms with van der Waals surface area (Å²) < 4.78 is 5.00. The number of ether oxygens (including phenoxy) is 1. The van der Waals surface area contributed by atoms with Crippen LogP contribution in [0.25, 0.3) is 22.1 Å². The molecule has 26 heavy (non-hydrogen) atoms. The summed E-state index contributed by atoms with van der Waals surface area (Å²) in [5.74, 6) is -0.616. The average molecular weight is 346 g/mol. The number of carbonyl (C=O) groups is 1. The Morgan fingerprint density at radius 2 is 1.54 bits per heavy atom. The van der Waals surface area contributed by atoms with Gasteiger partial charge in [-0.1, -0.05) is 60.2 Å². The SMILES string of the molecule is COC(=O)/C(=C(\O)c1cccc2ccccc12)c1c(C)cc(C)cc1C. The van der Waals surface area contributed by atoms with Gasteiger partial charge in [-0.3, -0.25) is 0 Å². The number of aliphatic hydroxyl groups excluding tert-OH is 1. The molecule has 0 unspecified atom stereocenters. The first-order chi connectivity index (χ1) is 12.4. The van der Waals surface area contributed by atoms with Crippen molar-refractivity contribution in [2.75, 3.05) is 7.11 Å². The summed E-state index contributed by atoms with van der Waals surface area (Å²) in [4.78, 5) is 12.6. The van der Waals surface area contributed by atoms with Crippen molar-refractivity contribution >= 4 is 28.1 Å². The Morgan fingerprint density at radius 1 is 0.923 bits per heavy atom. The summed E-state index contributed by atoms with van der Waals surface area (Å²) >= 11 is 0. The Balaban J connectivity index is 2.37. The summed E-state index contributed by atoms with van der Waals surface area (Å²) in [5.41, 5.74) is 4.48. The van der Waals surface area contributed by atoms with Gasteiger partial charge in [0.1, 0.15) is 11.3 Å². The van der Waals surface area contributed by atoms with Crippen molar-refractivity contribution in [3.8, 4) is 0 Å². The molecule has 0 amide bonds. The van der Waals surface area contributed by atoms with Crippen LogP contribution >= 0.6 is 0 Å². The molecule has 3 aromatic carbocycles.